The molecule has 12 nitrogen and oxygen atoms in total. The maximum Gasteiger partial charge on any atom is 0.343 e. The SMILES string of the molecule is [C-]#[N+]c1ccc(OC(=O)c2ccc(OC(=O)c3cccc(OC(=O)c4ccc(OC(=O)c5ccc(OCCCCCCCCCCCCOC(=O)C=C)cc5)cc4)c3)cc2)cc1. The van der Waals surface area contributed by atoms with Crippen LogP contribution in [0.1, 0.15) is 106 Å². The van der Waals surface area contributed by atoms with Gasteiger partial charge in [-0.2, -0.15) is 0 Å². The highest BCUT2D eigenvalue weighted by Gasteiger charge is 2.16. The maximum absolute atomic E-state index is 12.9. The number of unbranched alkanes of at least 4 members (excludes halogenated alkanes) is 9. The lowest BCUT2D eigenvalue weighted by Gasteiger charge is -2.09. The van der Waals surface area contributed by atoms with Crippen molar-refractivity contribution in [2.75, 3.05) is 13.2 Å². The van der Waals surface area contributed by atoms with Crippen molar-refractivity contribution in [3.63, 3.8) is 0 Å². The van der Waals surface area contributed by atoms with Gasteiger partial charge in [0.1, 0.15) is 28.7 Å². The maximum atomic E-state index is 12.9. The molecule has 0 radical (unpaired) electrons. The van der Waals surface area contributed by atoms with Crippen LogP contribution in [-0.4, -0.2) is 43.1 Å². The molecule has 0 N–H and O–H groups in total. The van der Waals surface area contributed by atoms with E-state index in [0.717, 1.165) is 38.5 Å². The second kappa shape index (κ2) is 24.5. The fourth-order valence-electron chi connectivity index (χ4n) is 5.98. The lowest BCUT2D eigenvalue weighted by molar-refractivity contribution is -0.137. The zero-order valence-corrected chi connectivity index (χ0v) is 34.3. The molecule has 0 fully saturated rings. The Labute approximate surface area is 360 Å². The summed E-state index contributed by atoms with van der Waals surface area (Å²) in [7, 11) is 0. The second-order valence-electron chi connectivity index (χ2n) is 14.0. The predicted molar refractivity (Wildman–Crippen MR) is 231 cm³/mol. The normalized spacial score (nSPS) is 10.4. The van der Waals surface area contributed by atoms with Gasteiger partial charge >= 0.3 is 29.8 Å². The van der Waals surface area contributed by atoms with Gasteiger partial charge in [-0.1, -0.05) is 76.1 Å². The van der Waals surface area contributed by atoms with Gasteiger partial charge in [-0.25, -0.2) is 28.8 Å². The zero-order chi connectivity index (χ0) is 43.9. The van der Waals surface area contributed by atoms with Crippen LogP contribution in [0.15, 0.2) is 134 Å². The first kappa shape index (κ1) is 45.6. The number of hydrogen-bond donors (Lipinski definition) is 0. The molecule has 0 saturated heterocycles. The third kappa shape index (κ3) is 15.3. The van der Waals surface area contributed by atoms with Crippen molar-refractivity contribution in [3.8, 4) is 28.7 Å². The summed E-state index contributed by atoms with van der Waals surface area (Å²) >= 11 is 0. The first-order valence-electron chi connectivity index (χ1n) is 20.4. The highest BCUT2D eigenvalue weighted by atomic mass is 16.6. The van der Waals surface area contributed by atoms with Crippen LogP contribution >= 0.6 is 0 Å². The number of rotatable bonds is 23. The molecule has 0 heterocycles. The van der Waals surface area contributed by atoms with E-state index >= 15 is 0 Å². The first-order chi connectivity index (χ1) is 30.2. The van der Waals surface area contributed by atoms with E-state index in [9.17, 15) is 24.0 Å². The van der Waals surface area contributed by atoms with E-state index in [1.54, 1.807) is 36.4 Å². The van der Waals surface area contributed by atoms with Gasteiger partial charge in [-0.05, 0) is 116 Å². The Morgan fingerprint density at radius 2 is 0.839 bits per heavy atom. The standard InChI is InChI=1S/C50H47NO11/c1-3-46(52)58-34-13-11-9-7-5-4-6-8-10-12-33-57-41-25-17-36(18-26-41)47(53)59-42-27-21-38(22-28-42)49(55)62-45-16-14-15-39(35-45)50(56)61-43-29-19-37(20-30-43)48(54)60-44-31-23-40(51-2)24-32-44/h3,14-32,35H,1,4-13,33-34H2. The number of hydrogen-bond acceptors (Lipinski definition) is 11. The molecule has 5 rings (SSSR count). The Balaban J connectivity index is 0.972. The van der Waals surface area contributed by atoms with Crippen LogP contribution in [0.2, 0.25) is 0 Å². The Kier molecular flexibility index (Phi) is 18.0. The molecule has 0 aliphatic rings. The van der Waals surface area contributed by atoms with E-state index in [1.807, 2.05) is 0 Å². The molecule has 0 aromatic heterocycles. The fourth-order valence-corrected chi connectivity index (χ4v) is 5.98. The van der Waals surface area contributed by atoms with E-state index < -0.39 is 23.9 Å². The molecule has 0 aliphatic heterocycles. The van der Waals surface area contributed by atoms with E-state index in [2.05, 4.69) is 11.4 Å². The molecule has 0 unspecified atom stereocenters. The van der Waals surface area contributed by atoms with Gasteiger partial charge in [-0.15, -0.1) is 0 Å². The van der Waals surface area contributed by atoms with Gasteiger partial charge in [0.05, 0.1) is 42.0 Å². The van der Waals surface area contributed by atoms with Crippen LogP contribution < -0.4 is 23.7 Å². The van der Waals surface area contributed by atoms with Crippen LogP contribution in [0.25, 0.3) is 4.85 Å². The van der Waals surface area contributed by atoms with Crippen molar-refractivity contribution in [1.82, 2.24) is 0 Å². The van der Waals surface area contributed by atoms with Crippen LogP contribution in [0.3, 0.4) is 0 Å². The lowest BCUT2D eigenvalue weighted by atomic mass is 10.1. The van der Waals surface area contributed by atoms with Crippen LogP contribution in [0, 0.1) is 6.57 Å². The molecular weight excluding hydrogens is 791 g/mol. The molecular formula is C50H47NO11. The van der Waals surface area contributed by atoms with Crippen molar-refractivity contribution >= 4 is 35.5 Å². The van der Waals surface area contributed by atoms with Crippen molar-refractivity contribution in [2.45, 2.75) is 64.2 Å². The number of carbonyl (C=O) groups excluding carboxylic acids is 5. The van der Waals surface area contributed by atoms with Gasteiger partial charge in [0.2, 0.25) is 0 Å². The van der Waals surface area contributed by atoms with E-state index in [4.69, 9.17) is 35.0 Å². The Hall–Kier alpha value is -7.52. The largest absolute Gasteiger partial charge is 0.494 e. The molecule has 0 atom stereocenters. The zero-order valence-electron chi connectivity index (χ0n) is 34.3. The van der Waals surface area contributed by atoms with E-state index in [1.165, 1.54) is 117 Å². The monoisotopic (exact) mass is 837 g/mol. The number of benzene rings is 5. The topological polar surface area (TPSA) is 145 Å². The van der Waals surface area contributed by atoms with Gasteiger partial charge in [0.15, 0.2) is 5.69 Å². The summed E-state index contributed by atoms with van der Waals surface area (Å²) in [6.07, 6.45) is 12.3. The summed E-state index contributed by atoms with van der Waals surface area (Å²) < 4.78 is 32.6. The molecule has 0 amide bonds. The molecule has 0 saturated carbocycles. The quantitative estimate of drug-likeness (QED) is 0.0204. The smallest absolute Gasteiger partial charge is 0.343 e. The summed E-state index contributed by atoms with van der Waals surface area (Å²) in [6, 6.07) is 30.4. The van der Waals surface area contributed by atoms with Crippen LogP contribution in [-0.2, 0) is 9.53 Å². The Morgan fingerprint density at radius 3 is 1.29 bits per heavy atom. The molecule has 0 aliphatic carbocycles. The first-order valence-corrected chi connectivity index (χ1v) is 20.4. The highest BCUT2D eigenvalue weighted by molar-refractivity contribution is 5.95. The molecule has 62 heavy (non-hydrogen) atoms. The summed E-state index contributed by atoms with van der Waals surface area (Å²) in [6.45, 7) is 11.5. The van der Waals surface area contributed by atoms with Crippen molar-refractivity contribution in [1.29, 1.82) is 0 Å². The molecule has 5 aromatic carbocycles. The fraction of sp³-hybridized carbons (Fsp3) is 0.240. The molecule has 0 spiro atoms. The van der Waals surface area contributed by atoms with Crippen molar-refractivity contribution < 1.29 is 52.4 Å². The van der Waals surface area contributed by atoms with Crippen LogP contribution in [0.5, 0.6) is 28.7 Å². The van der Waals surface area contributed by atoms with Gasteiger partial charge in [-0.3, -0.25) is 0 Å². The third-order valence-corrected chi connectivity index (χ3v) is 9.37. The number of ether oxygens (including phenoxy) is 6. The van der Waals surface area contributed by atoms with Crippen LogP contribution in [0.4, 0.5) is 5.69 Å². The molecule has 0 bridgehead atoms. The molecule has 12 heteroatoms. The average Bonchev–Trinajstić information content (AvgIpc) is 3.30. The lowest BCUT2D eigenvalue weighted by Crippen LogP contribution is -2.12. The van der Waals surface area contributed by atoms with Gasteiger partial charge < -0.3 is 28.4 Å². The highest BCUT2D eigenvalue weighted by Crippen LogP contribution is 2.23. The summed E-state index contributed by atoms with van der Waals surface area (Å²) in [5.41, 5.74) is 1.29. The third-order valence-electron chi connectivity index (χ3n) is 9.37. The Bertz CT molecular complexity index is 2310. The molecule has 318 valence electrons. The summed E-state index contributed by atoms with van der Waals surface area (Å²) in [5.74, 6) is -1.49. The van der Waals surface area contributed by atoms with Crippen molar-refractivity contribution in [3.05, 3.63) is 168 Å². The predicted octanol–water partition coefficient (Wildman–Crippen LogP) is 11.1. The van der Waals surface area contributed by atoms with E-state index in [0.29, 0.717) is 30.2 Å². The van der Waals surface area contributed by atoms with Gasteiger partial charge in [0, 0.05) is 6.08 Å². The number of carbonyl (C=O) groups is 5. The number of nitrogens with zero attached hydrogens (tertiary/aromatic N) is 1. The Morgan fingerprint density at radius 1 is 0.452 bits per heavy atom. The second-order valence-corrected chi connectivity index (χ2v) is 14.0. The summed E-state index contributed by atoms with van der Waals surface area (Å²) in [4.78, 5) is 65.4. The minimum Gasteiger partial charge on any atom is -0.494 e. The minimum atomic E-state index is -0.716. The number of esters is 5. The van der Waals surface area contributed by atoms with Crippen molar-refractivity contribution in [2.24, 2.45) is 0 Å². The minimum absolute atomic E-state index is 0.104. The average molecular weight is 838 g/mol. The van der Waals surface area contributed by atoms with Gasteiger partial charge in [0.25, 0.3) is 0 Å². The summed E-state index contributed by atoms with van der Waals surface area (Å²) in [5, 5.41) is 0. The molecule has 5 aromatic rings. The van der Waals surface area contributed by atoms with E-state index in [-0.39, 0.29) is 45.7 Å².